The summed E-state index contributed by atoms with van der Waals surface area (Å²) in [6.45, 7) is 23.2. The molecule has 0 bridgehead atoms. The molecule has 0 aliphatic heterocycles. The Morgan fingerprint density at radius 1 is 0.806 bits per heavy atom. The van der Waals surface area contributed by atoms with E-state index >= 15 is 0 Å². The summed E-state index contributed by atoms with van der Waals surface area (Å²) in [4.78, 5) is 5.10. The molecule has 0 aromatic heterocycles. The Labute approximate surface area is 220 Å². The van der Waals surface area contributed by atoms with Gasteiger partial charge in [-0.2, -0.15) is 0 Å². The first-order valence-electron chi connectivity index (χ1n) is 13.3. The van der Waals surface area contributed by atoms with Gasteiger partial charge in [-0.05, 0) is 76.6 Å². The van der Waals surface area contributed by atoms with Crippen LogP contribution < -0.4 is 0 Å². The molecule has 0 saturated heterocycles. The third-order valence-electron chi connectivity index (χ3n) is 9.03. The number of hydrogen-bond acceptors (Lipinski definition) is 4. The summed E-state index contributed by atoms with van der Waals surface area (Å²) in [7, 11) is -2.43. The Balaban J connectivity index is 1.84. The zero-order chi connectivity index (χ0) is 26.7. The minimum absolute atomic E-state index is 0.0835. The van der Waals surface area contributed by atoms with Crippen LogP contribution in [0.3, 0.4) is 0 Å². The molecule has 6 heteroatoms. The Bertz CT molecular complexity index is 1220. The topological polar surface area (TPSA) is 40.0 Å². The van der Waals surface area contributed by atoms with Crippen molar-refractivity contribution in [3.05, 3.63) is 52.6 Å². The zero-order valence-corrected chi connectivity index (χ0v) is 26.2. The van der Waals surface area contributed by atoms with Crippen LogP contribution in [0.15, 0.2) is 35.5 Å². The summed E-state index contributed by atoms with van der Waals surface area (Å²) >= 11 is 0. The van der Waals surface area contributed by atoms with E-state index in [0.717, 1.165) is 18.6 Å². The molecule has 36 heavy (non-hydrogen) atoms. The van der Waals surface area contributed by atoms with Crippen molar-refractivity contribution in [1.29, 1.82) is 0 Å². The minimum atomic E-state index is -2.05. The van der Waals surface area contributed by atoms with E-state index in [1.807, 2.05) is 0 Å². The number of rotatable bonds is 5. The van der Waals surface area contributed by atoms with Crippen molar-refractivity contribution in [1.82, 2.24) is 0 Å². The highest BCUT2D eigenvalue weighted by Gasteiger charge is 2.45. The molecule has 2 aromatic rings. The Morgan fingerprint density at radius 3 is 2.03 bits per heavy atom. The van der Waals surface area contributed by atoms with Crippen LogP contribution in [0.1, 0.15) is 76.3 Å². The number of oxime groups is 1. The van der Waals surface area contributed by atoms with E-state index in [2.05, 4.69) is 109 Å². The molecule has 196 valence electrons. The van der Waals surface area contributed by atoms with E-state index < -0.39 is 16.6 Å². The molecule has 0 fully saturated rings. The van der Waals surface area contributed by atoms with Gasteiger partial charge in [0.05, 0.1) is 17.9 Å². The number of benzene rings is 2. The van der Waals surface area contributed by atoms with Crippen molar-refractivity contribution in [2.24, 2.45) is 5.16 Å². The first-order chi connectivity index (χ1) is 16.6. The summed E-state index contributed by atoms with van der Waals surface area (Å²) in [6.07, 6.45) is 6.29. The predicted molar refractivity (Wildman–Crippen MR) is 158 cm³/mol. The van der Waals surface area contributed by atoms with Crippen LogP contribution in [0.25, 0.3) is 16.8 Å². The first-order valence-corrected chi connectivity index (χ1v) is 19.1. The van der Waals surface area contributed by atoms with Gasteiger partial charge in [-0.15, -0.1) is 0 Å². The Kier molecular flexibility index (Phi) is 7.00. The highest BCUT2D eigenvalue weighted by molar-refractivity contribution is 6.74. The van der Waals surface area contributed by atoms with Gasteiger partial charge in [0.1, 0.15) is 7.11 Å². The van der Waals surface area contributed by atoms with Crippen LogP contribution in [0.4, 0.5) is 0 Å². The largest absolute Gasteiger partial charge is 0.408 e. The van der Waals surface area contributed by atoms with E-state index in [1.54, 1.807) is 7.11 Å². The molecule has 0 unspecified atom stereocenters. The maximum atomic E-state index is 7.18. The van der Waals surface area contributed by atoms with Crippen LogP contribution in [-0.2, 0) is 20.1 Å². The normalized spacial score (nSPS) is 21.7. The maximum Gasteiger partial charge on any atom is 0.193 e. The van der Waals surface area contributed by atoms with Crippen molar-refractivity contribution in [2.45, 2.75) is 103 Å². The molecule has 0 saturated carbocycles. The lowest BCUT2D eigenvalue weighted by Gasteiger charge is -2.45. The molecule has 2 aliphatic carbocycles. The second-order valence-corrected chi connectivity index (χ2v) is 23.0. The lowest BCUT2D eigenvalue weighted by Crippen LogP contribution is -2.49. The van der Waals surface area contributed by atoms with E-state index in [4.69, 9.17) is 13.7 Å². The number of hydrogen-bond donors (Lipinski definition) is 0. The third kappa shape index (κ3) is 4.78. The smallest absolute Gasteiger partial charge is 0.193 e. The molecule has 0 amide bonds. The quantitative estimate of drug-likeness (QED) is 0.291. The van der Waals surface area contributed by atoms with E-state index in [1.165, 1.54) is 33.0 Å². The summed E-state index contributed by atoms with van der Waals surface area (Å²) in [5.41, 5.74) is 6.16. The van der Waals surface area contributed by atoms with Crippen LogP contribution in [0, 0.1) is 0 Å². The number of aryl methyl sites for hydroxylation is 1. The standard InChI is InChI=1S/C30H45NO3Si2/c1-29(2,3)35(8,9)33-27-19-17-23-21-12-14-24-22(16-18-26(24)31-32-7)20(21)13-15-25(23)28(27)34-36(10,11)30(4,5)6/h12-15,17,19,27-28H,16,18H2,1-11H3/b31-26-/t27-,28-/m0/s1. The average Bonchev–Trinajstić information content (AvgIpc) is 3.16. The highest BCUT2D eigenvalue weighted by Crippen LogP contribution is 2.47. The average molecular weight is 524 g/mol. The minimum Gasteiger partial charge on any atom is -0.408 e. The molecule has 2 aliphatic rings. The fourth-order valence-corrected chi connectivity index (χ4v) is 7.26. The second-order valence-electron chi connectivity index (χ2n) is 13.5. The molecule has 4 rings (SSSR count). The highest BCUT2D eigenvalue weighted by atomic mass is 28.4. The van der Waals surface area contributed by atoms with Crippen LogP contribution in [0.2, 0.25) is 36.3 Å². The van der Waals surface area contributed by atoms with Crippen molar-refractivity contribution >= 4 is 39.2 Å². The molecular formula is C30H45NO3Si2. The monoisotopic (exact) mass is 523 g/mol. The van der Waals surface area contributed by atoms with Gasteiger partial charge in [-0.1, -0.05) is 83.1 Å². The SMILES string of the molecule is CO/N=C1/CCc2c1ccc1c3c(ccc21)[C@H](O[Si](C)(C)C(C)(C)C)[C@@H](O[Si](C)(C)C(C)(C)C)C=C3. The maximum absolute atomic E-state index is 7.18. The second kappa shape index (κ2) is 9.23. The van der Waals surface area contributed by atoms with Crippen LogP contribution in [0.5, 0.6) is 0 Å². The van der Waals surface area contributed by atoms with Gasteiger partial charge in [0.25, 0.3) is 0 Å². The molecule has 2 aromatic carbocycles. The fourth-order valence-electron chi connectivity index (χ4n) is 4.78. The van der Waals surface area contributed by atoms with E-state index in [0.29, 0.717) is 0 Å². The number of nitrogens with zero attached hydrogens (tertiary/aromatic N) is 1. The van der Waals surface area contributed by atoms with Gasteiger partial charge in [-0.3, -0.25) is 0 Å². The Morgan fingerprint density at radius 2 is 1.42 bits per heavy atom. The molecule has 0 N–H and O–H groups in total. The van der Waals surface area contributed by atoms with E-state index in [9.17, 15) is 0 Å². The van der Waals surface area contributed by atoms with Crippen molar-refractivity contribution in [3.8, 4) is 0 Å². The summed E-state index contributed by atoms with van der Waals surface area (Å²) in [5.74, 6) is 0. The van der Waals surface area contributed by atoms with E-state index in [-0.39, 0.29) is 22.3 Å². The molecule has 0 spiro atoms. The van der Waals surface area contributed by atoms with Gasteiger partial charge in [0, 0.05) is 5.56 Å². The predicted octanol–water partition coefficient (Wildman–Crippen LogP) is 8.62. The van der Waals surface area contributed by atoms with Crippen molar-refractivity contribution in [3.63, 3.8) is 0 Å². The zero-order valence-electron chi connectivity index (χ0n) is 24.2. The summed E-state index contributed by atoms with van der Waals surface area (Å²) in [6, 6.07) is 9.07. The van der Waals surface area contributed by atoms with Gasteiger partial charge in [-0.25, -0.2) is 0 Å². The van der Waals surface area contributed by atoms with Crippen LogP contribution in [-0.4, -0.2) is 35.6 Å². The van der Waals surface area contributed by atoms with Gasteiger partial charge in [0.2, 0.25) is 0 Å². The van der Waals surface area contributed by atoms with Gasteiger partial charge < -0.3 is 13.7 Å². The first kappa shape index (κ1) is 27.3. The van der Waals surface area contributed by atoms with Gasteiger partial charge >= 0.3 is 0 Å². The fraction of sp³-hybridized carbons (Fsp3) is 0.567. The summed E-state index contributed by atoms with van der Waals surface area (Å²) < 4.78 is 14.2. The van der Waals surface area contributed by atoms with Crippen molar-refractivity contribution in [2.75, 3.05) is 7.11 Å². The Hall–Kier alpha value is -1.74. The lowest BCUT2D eigenvalue weighted by molar-refractivity contribution is 0.0618. The lowest BCUT2D eigenvalue weighted by atomic mass is 9.87. The number of fused-ring (bicyclic) bond motifs is 5. The molecule has 0 heterocycles. The molecule has 2 atom stereocenters. The van der Waals surface area contributed by atoms with Gasteiger partial charge in [0.15, 0.2) is 16.6 Å². The van der Waals surface area contributed by atoms with Crippen molar-refractivity contribution < 1.29 is 13.7 Å². The van der Waals surface area contributed by atoms with Crippen LogP contribution >= 0.6 is 0 Å². The third-order valence-corrected chi connectivity index (χ3v) is 18.0. The molecule has 0 radical (unpaired) electrons. The molecule has 4 nitrogen and oxygen atoms in total. The molecular weight excluding hydrogens is 479 g/mol. The summed E-state index contributed by atoms with van der Waals surface area (Å²) in [5, 5.41) is 7.12.